The number of amides is 2. The Hall–Kier alpha value is -2.82. The SMILES string of the molecule is COc1ccccc1CNC(=O)C1(c2ccc(NC(=O)C3CC3)cc2)CCCCC1. The number of carbonyl (C=O) groups is 2. The summed E-state index contributed by atoms with van der Waals surface area (Å²) in [6.07, 6.45) is 6.91. The van der Waals surface area contributed by atoms with Crippen LogP contribution in [0.25, 0.3) is 0 Å². The molecule has 0 atom stereocenters. The molecule has 2 N–H and O–H groups in total. The van der Waals surface area contributed by atoms with Gasteiger partial charge in [0.2, 0.25) is 11.8 Å². The van der Waals surface area contributed by atoms with Crippen LogP contribution in [-0.4, -0.2) is 18.9 Å². The second-order valence-electron chi connectivity index (χ2n) is 8.48. The first kappa shape index (κ1) is 20.5. The minimum Gasteiger partial charge on any atom is -0.496 e. The van der Waals surface area contributed by atoms with Gasteiger partial charge in [-0.05, 0) is 49.4 Å². The molecule has 2 aliphatic carbocycles. The summed E-state index contributed by atoms with van der Waals surface area (Å²) in [5.41, 5.74) is 2.29. The van der Waals surface area contributed by atoms with Crippen LogP contribution in [0.5, 0.6) is 5.75 Å². The maximum Gasteiger partial charge on any atom is 0.230 e. The van der Waals surface area contributed by atoms with Gasteiger partial charge in [-0.25, -0.2) is 0 Å². The molecule has 2 fully saturated rings. The zero-order chi connectivity index (χ0) is 21.0. The Morgan fingerprint density at radius 1 is 1.00 bits per heavy atom. The monoisotopic (exact) mass is 406 g/mol. The molecule has 158 valence electrons. The van der Waals surface area contributed by atoms with E-state index in [1.807, 2.05) is 48.5 Å². The van der Waals surface area contributed by atoms with E-state index >= 15 is 0 Å². The Bertz CT molecular complexity index is 897. The predicted octanol–water partition coefficient (Wildman–Crippen LogP) is 4.56. The van der Waals surface area contributed by atoms with Crippen LogP contribution in [0.3, 0.4) is 0 Å². The Kier molecular flexibility index (Phi) is 6.07. The molecule has 0 unspecified atom stereocenters. The van der Waals surface area contributed by atoms with Crippen molar-refractivity contribution in [3.05, 3.63) is 59.7 Å². The van der Waals surface area contributed by atoms with E-state index in [1.165, 1.54) is 0 Å². The van der Waals surface area contributed by atoms with Gasteiger partial charge in [-0.3, -0.25) is 9.59 Å². The maximum atomic E-state index is 13.4. The molecule has 4 rings (SSSR count). The van der Waals surface area contributed by atoms with Crippen LogP contribution in [0.2, 0.25) is 0 Å². The first-order valence-electron chi connectivity index (χ1n) is 10.9. The van der Waals surface area contributed by atoms with Crippen molar-refractivity contribution >= 4 is 17.5 Å². The highest BCUT2D eigenvalue weighted by molar-refractivity contribution is 5.94. The molecule has 0 aliphatic heterocycles. The quantitative estimate of drug-likeness (QED) is 0.708. The van der Waals surface area contributed by atoms with Crippen molar-refractivity contribution in [2.45, 2.75) is 56.9 Å². The van der Waals surface area contributed by atoms with E-state index in [-0.39, 0.29) is 17.7 Å². The van der Waals surface area contributed by atoms with Crippen molar-refractivity contribution in [2.75, 3.05) is 12.4 Å². The van der Waals surface area contributed by atoms with Gasteiger partial charge in [0.05, 0.1) is 12.5 Å². The van der Waals surface area contributed by atoms with Gasteiger partial charge in [-0.1, -0.05) is 49.6 Å². The topological polar surface area (TPSA) is 67.4 Å². The summed E-state index contributed by atoms with van der Waals surface area (Å²) in [6, 6.07) is 15.6. The molecule has 0 bridgehead atoms. The zero-order valence-corrected chi connectivity index (χ0v) is 17.6. The lowest BCUT2D eigenvalue weighted by Gasteiger charge is -2.36. The van der Waals surface area contributed by atoms with Crippen molar-refractivity contribution in [3.63, 3.8) is 0 Å². The van der Waals surface area contributed by atoms with Crippen LogP contribution in [0, 0.1) is 5.92 Å². The number of methoxy groups -OCH3 is 1. The summed E-state index contributed by atoms with van der Waals surface area (Å²) < 4.78 is 5.41. The number of hydrogen-bond acceptors (Lipinski definition) is 3. The summed E-state index contributed by atoms with van der Waals surface area (Å²) in [5.74, 6) is 1.13. The highest BCUT2D eigenvalue weighted by atomic mass is 16.5. The molecule has 2 aromatic rings. The van der Waals surface area contributed by atoms with E-state index in [0.29, 0.717) is 6.54 Å². The van der Waals surface area contributed by atoms with Gasteiger partial charge in [-0.15, -0.1) is 0 Å². The van der Waals surface area contributed by atoms with Gasteiger partial charge in [0.1, 0.15) is 5.75 Å². The predicted molar refractivity (Wildman–Crippen MR) is 117 cm³/mol. The van der Waals surface area contributed by atoms with Gasteiger partial charge >= 0.3 is 0 Å². The third-order valence-electron chi connectivity index (χ3n) is 6.43. The van der Waals surface area contributed by atoms with Crippen molar-refractivity contribution in [3.8, 4) is 5.75 Å². The van der Waals surface area contributed by atoms with Gasteiger partial charge in [-0.2, -0.15) is 0 Å². The average molecular weight is 407 g/mol. The Morgan fingerprint density at radius 2 is 1.70 bits per heavy atom. The number of anilines is 1. The fourth-order valence-corrected chi connectivity index (χ4v) is 4.46. The molecule has 0 radical (unpaired) electrons. The van der Waals surface area contributed by atoms with Crippen molar-refractivity contribution < 1.29 is 14.3 Å². The lowest BCUT2D eigenvalue weighted by molar-refractivity contribution is -0.128. The second kappa shape index (κ2) is 8.90. The molecule has 0 spiro atoms. The number of rotatable bonds is 7. The molecule has 2 saturated carbocycles. The molecular weight excluding hydrogens is 376 g/mol. The molecule has 0 heterocycles. The Morgan fingerprint density at radius 3 is 2.37 bits per heavy atom. The molecule has 0 saturated heterocycles. The number of ether oxygens (including phenoxy) is 1. The number of carbonyl (C=O) groups excluding carboxylic acids is 2. The van der Waals surface area contributed by atoms with E-state index in [4.69, 9.17) is 4.74 Å². The van der Waals surface area contributed by atoms with E-state index in [2.05, 4.69) is 10.6 Å². The molecule has 5 nitrogen and oxygen atoms in total. The molecule has 30 heavy (non-hydrogen) atoms. The van der Waals surface area contributed by atoms with E-state index < -0.39 is 5.41 Å². The van der Waals surface area contributed by atoms with Gasteiger partial charge in [0, 0.05) is 23.7 Å². The first-order chi connectivity index (χ1) is 14.6. The minimum atomic E-state index is -0.515. The summed E-state index contributed by atoms with van der Waals surface area (Å²) in [6.45, 7) is 0.445. The third-order valence-corrected chi connectivity index (χ3v) is 6.43. The Labute approximate surface area is 178 Å². The highest BCUT2D eigenvalue weighted by Crippen LogP contribution is 2.40. The minimum absolute atomic E-state index is 0.0721. The molecule has 0 aromatic heterocycles. The summed E-state index contributed by atoms with van der Waals surface area (Å²) in [4.78, 5) is 25.5. The third kappa shape index (κ3) is 4.35. The van der Waals surface area contributed by atoms with Gasteiger partial charge in [0.25, 0.3) is 0 Å². The van der Waals surface area contributed by atoms with Gasteiger partial charge in [0.15, 0.2) is 0 Å². The maximum absolute atomic E-state index is 13.4. The molecule has 5 heteroatoms. The smallest absolute Gasteiger partial charge is 0.230 e. The van der Waals surface area contributed by atoms with Crippen LogP contribution < -0.4 is 15.4 Å². The lowest BCUT2D eigenvalue weighted by atomic mass is 9.68. The highest BCUT2D eigenvalue weighted by Gasteiger charge is 2.41. The van der Waals surface area contributed by atoms with Crippen LogP contribution in [0.4, 0.5) is 5.69 Å². The first-order valence-corrected chi connectivity index (χ1v) is 10.9. The summed E-state index contributed by atoms with van der Waals surface area (Å²) in [7, 11) is 1.65. The largest absolute Gasteiger partial charge is 0.496 e. The fourth-order valence-electron chi connectivity index (χ4n) is 4.46. The van der Waals surface area contributed by atoms with Crippen LogP contribution in [0.15, 0.2) is 48.5 Å². The molecule has 2 aromatic carbocycles. The number of para-hydroxylation sites is 1. The van der Waals surface area contributed by atoms with E-state index in [1.54, 1.807) is 7.11 Å². The normalized spacial score (nSPS) is 17.8. The number of benzene rings is 2. The van der Waals surface area contributed by atoms with E-state index in [0.717, 1.165) is 67.5 Å². The molecule has 2 amide bonds. The van der Waals surface area contributed by atoms with Crippen LogP contribution in [-0.2, 0) is 21.5 Å². The second-order valence-corrected chi connectivity index (χ2v) is 8.48. The van der Waals surface area contributed by atoms with Gasteiger partial charge < -0.3 is 15.4 Å². The van der Waals surface area contributed by atoms with Crippen LogP contribution in [0.1, 0.15) is 56.1 Å². The van der Waals surface area contributed by atoms with Crippen molar-refractivity contribution in [1.82, 2.24) is 5.32 Å². The number of hydrogen-bond donors (Lipinski definition) is 2. The van der Waals surface area contributed by atoms with Crippen molar-refractivity contribution in [1.29, 1.82) is 0 Å². The van der Waals surface area contributed by atoms with E-state index in [9.17, 15) is 9.59 Å². The zero-order valence-electron chi connectivity index (χ0n) is 17.6. The fraction of sp³-hybridized carbons (Fsp3) is 0.440. The molecule has 2 aliphatic rings. The lowest BCUT2D eigenvalue weighted by Crippen LogP contribution is -2.45. The summed E-state index contributed by atoms with van der Waals surface area (Å²) >= 11 is 0. The average Bonchev–Trinajstić information content (AvgIpc) is 3.64. The summed E-state index contributed by atoms with van der Waals surface area (Å²) in [5, 5.41) is 6.15. The standard InChI is InChI=1S/C25H30N2O3/c1-30-22-8-4-3-7-19(22)17-26-24(29)25(15-5-2-6-16-25)20-11-13-21(14-12-20)27-23(28)18-9-10-18/h3-4,7-8,11-14,18H,2,5-6,9-10,15-17H2,1H3,(H,26,29)(H,27,28). The van der Waals surface area contributed by atoms with Crippen LogP contribution >= 0.6 is 0 Å². The number of nitrogens with one attached hydrogen (secondary N) is 2. The Balaban J connectivity index is 1.50. The molecular formula is C25H30N2O3. The van der Waals surface area contributed by atoms with Crippen molar-refractivity contribution in [2.24, 2.45) is 5.92 Å².